The fourth-order valence-corrected chi connectivity index (χ4v) is 10.6. The standard InChI is InChI=1S/C63H70N4O12/c1-8-47(45-33-40(4)58(76-7)55(34-45)75-6)60(71)66-31-12-11-16-51(66)63(74)79-53(30-27-43-21-19-38(2)39(3)32-43)48-14-9-10-17-52(48)78-37-56(69)64-35-44-24-22-42(23-25-44)26-28-46(68)36-77-54-18-13-15-49-57(54)62(73)67(61(49)72)50-29-20-41(5)65-59(50)70/h9-10,13-15,17-19,21-25,32-34,47,50-51,53H,5,8,11-12,16,20,26-31,35-37H2,1-4,6-7H3,(H,64,69)(H,65,70)/t47-,50?,51-,53+/m0/s1. The molecule has 0 bridgehead atoms. The molecule has 5 aromatic carbocycles. The molecule has 79 heavy (non-hydrogen) atoms. The summed E-state index contributed by atoms with van der Waals surface area (Å²) in [4.78, 5) is 97.5. The van der Waals surface area contributed by atoms with Crippen LogP contribution in [0.4, 0.5) is 0 Å². The lowest BCUT2D eigenvalue weighted by Crippen LogP contribution is -2.51. The molecule has 0 radical (unpaired) electrons. The van der Waals surface area contributed by atoms with Crippen LogP contribution in [0.15, 0.2) is 109 Å². The topological polar surface area (TPSA) is 196 Å². The molecular formula is C63H70N4O12. The maximum atomic E-state index is 14.6. The second-order valence-corrected chi connectivity index (χ2v) is 20.5. The quantitative estimate of drug-likeness (QED) is 0.0466. The molecular weight excluding hydrogens is 1000 g/mol. The molecule has 0 aromatic heterocycles. The number of nitrogens with one attached hydrogen (secondary N) is 2. The number of para-hydroxylation sites is 1. The number of benzene rings is 5. The lowest BCUT2D eigenvalue weighted by molar-refractivity contribution is -0.162. The van der Waals surface area contributed by atoms with Gasteiger partial charge in [-0.25, -0.2) is 4.79 Å². The first-order valence-corrected chi connectivity index (χ1v) is 27.1. The zero-order valence-electron chi connectivity index (χ0n) is 45.9. The highest BCUT2D eigenvalue weighted by molar-refractivity contribution is 6.24. The number of carbonyl (C=O) groups excluding carboxylic acids is 7. The number of allylic oxidation sites excluding steroid dienone is 1. The number of rotatable bonds is 23. The number of aryl methyl sites for hydroxylation is 5. The lowest BCUT2D eigenvalue weighted by atomic mass is 9.91. The minimum atomic E-state index is -0.966. The number of hydrogen-bond donors (Lipinski definition) is 2. The first-order valence-electron chi connectivity index (χ1n) is 27.1. The highest BCUT2D eigenvalue weighted by atomic mass is 16.5. The van der Waals surface area contributed by atoms with Crippen LogP contribution in [0.3, 0.4) is 0 Å². The number of amides is 5. The molecule has 414 valence electrons. The van der Waals surface area contributed by atoms with Gasteiger partial charge in [-0.15, -0.1) is 0 Å². The fourth-order valence-electron chi connectivity index (χ4n) is 10.6. The van der Waals surface area contributed by atoms with Gasteiger partial charge in [0.05, 0.1) is 31.3 Å². The number of hydrogen-bond acceptors (Lipinski definition) is 12. The summed E-state index contributed by atoms with van der Waals surface area (Å²) in [5.41, 5.74) is 8.04. The number of methoxy groups -OCH3 is 2. The van der Waals surface area contributed by atoms with E-state index in [1.165, 1.54) is 17.7 Å². The summed E-state index contributed by atoms with van der Waals surface area (Å²) in [7, 11) is 3.15. The number of nitrogens with zero attached hydrogens (tertiary/aromatic N) is 2. The summed E-state index contributed by atoms with van der Waals surface area (Å²) in [5.74, 6) is -1.81. The fraction of sp³-hybridized carbons (Fsp3) is 0.381. The molecule has 1 unspecified atom stereocenters. The van der Waals surface area contributed by atoms with Crippen molar-refractivity contribution in [3.8, 4) is 23.0 Å². The zero-order chi connectivity index (χ0) is 56.3. The molecule has 2 N–H and O–H groups in total. The Hall–Kier alpha value is -8.27. The number of piperidine rings is 2. The Balaban J connectivity index is 0.862. The monoisotopic (exact) mass is 1070 g/mol. The molecule has 0 saturated carbocycles. The predicted octanol–water partition coefficient (Wildman–Crippen LogP) is 9.09. The number of ketones is 1. The van der Waals surface area contributed by atoms with E-state index in [1.54, 1.807) is 37.3 Å². The second kappa shape index (κ2) is 25.9. The van der Waals surface area contributed by atoms with Gasteiger partial charge in [-0.05, 0) is 142 Å². The molecule has 4 atom stereocenters. The van der Waals surface area contributed by atoms with Crippen LogP contribution in [0, 0.1) is 20.8 Å². The minimum absolute atomic E-state index is 0.0329. The Morgan fingerprint density at radius 1 is 0.747 bits per heavy atom. The normalized spacial score (nSPS) is 16.8. The summed E-state index contributed by atoms with van der Waals surface area (Å²) in [5, 5.41) is 5.53. The third-order valence-electron chi connectivity index (χ3n) is 15.1. The van der Waals surface area contributed by atoms with Gasteiger partial charge in [-0.1, -0.05) is 86.3 Å². The first kappa shape index (κ1) is 56.9. The van der Waals surface area contributed by atoms with Crippen molar-refractivity contribution in [2.45, 2.75) is 123 Å². The van der Waals surface area contributed by atoms with Crippen LogP contribution in [0.2, 0.25) is 0 Å². The summed E-state index contributed by atoms with van der Waals surface area (Å²) in [6.07, 6.45) is 4.01. The predicted molar refractivity (Wildman–Crippen MR) is 296 cm³/mol. The van der Waals surface area contributed by atoms with Gasteiger partial charge in [-0.3, -0.25) is 33.7 Å². The highest BCUT2D eigenvalue weighted by Crippen LogP contribution is 2.39. The van der Waals surface area contributed by atoms with Crippen LogP contribution in [0.25, 0.3) is 0 Å². The molecule has 3 aliphatic heterocycles. The van der Waals surface area contributed by atoms with Crippen molar-refractivity contribution in [2.75, 3.05) is 34.0 Å². The summed E-state index contributed by atoms with van der Waals surface area (Å²) >= 11 is 0. The largest absolute Gasteiger partial charge is 0.493 e. The van der Waals surface area contributed by atoms with E-state index in [-0.39, 0.29) is 67.1 Å². The van der Waals surface area contributed by atoms with E-state index in [4.69, 9.17) is 23.7 Å². The summed E-state index contributed by atoms with van der Waals surface area (Å²) < 4.78 is 29.7. The first-order chi connectivity index (χ1) is 38.1. The Bertz CT molecular complexity index is 3130. The van der Waals surface area contributed by atoms with Crippen molar-refractivity contribution < 1.29 is 57.2 Å². The van der Waals surface area contributed by atoms with E-state index >= 15 is 0 Å². The average Bonchev–Trinajstić information content (AvgIpc) is 3.97. The van der Waals surface area contributed by atoms with Gasteiger partial charge < -0.3 is 39.2 Å². The molecule has 5 amide bonds. The molecule has 16 nitrogen and oxygen atoms in total. The molecule has 0 spiro atoms. The van der Waals surface area contributed by atoms with Gasteiger partial charge >= 0.3 is 5.97 Å². The third kappa shape index (κ3) is 13.4. The van der Waals surface area contributed by atoms with Crippen LogP contribution in [0.5, 0.6) is 23.0 Å². The number of fused-ring (bicyclic) bond motifs is 1. The third-order valence-corrected chi connectivity index (χ3v) is 15.1. The van der Waals surface area contributed by atoms with Gasteiger partial charge in [0.2, 0.25) is 11.8 Å². The molecule has 2 saturated heterocycles. The van der Waals surface area contributed by atoms with Crippen LogP contribution in [-0.2, 0) is 48.1 Å². The Morgan fingerprint density at radius 3 is 2.22 bits per heavy atom. The van der Waals surface area contributed by atoms with Crippen LogP contribution >= 0.6 is 0 Å². The van der Waals surface area contributed by atoms with Crippen LogP contribution in [0.1, 0.15) is 136 Å². The summed E-state index contributed by atoms with van der Waals surface area (Å²) in [6, 6.07) is 27.6. The van der Waals surface area contributed by atoms with Crippen LogP contribution < -0.4 is 29.6 Å². The van der Waals surface area contributed by atoms with Gasteiger partial charge in [0.15, 0.2) is 23.9 Å². The maximum absolute atomic E-state index is 14.6. The molecule has 0 aliphatic carbocycles. The van der Waals surface area contributed by atoms with E-state index in [0.29, 0.717) is 73.6 Å². The number of Topliss-reactive ketones (excluding diaryl/α,β-unsaturated/α-hetero) is 1. The second-order valence-electron chi connectivity index (χ2n) is 20.5. The van der Waals surface area contributed by atoms with E-state index in [1.807, 2.05) is 62.4 Å². The van der Waals surface area contributed by atoms with Crippen molar-refractivity contribution in [3.05, 3.63) is 165 Å². The van der Waals surface area contributed by atoms with E-state index in [2.05, 4.69) is 49.3 Å². The minimum Gasteiger partial charge on any atom is -0.493 e. The van der Waals surface area contributed by atoms with E-state index in [9.17, 15) is 33.6 Å². The molecule has 3 heterocycles. The number of ether oxygens (including phenoxy) is 5. The number of esters is 1. The Labute approximate surface area is 461 Å². The molecule has 2 fully saturated rings. The Kier molecular flexibility index (Phi) is 18.7. The van der Waals surface area contributed by atoms with Crippen molar-refractivity contribution >= 4 is 41.3 Å². The average molecular weight is 1080 g/mol. The maximum Gasteiger partial charge on any atom is 0.329 e. The van der Waals surface area contributed by atoms with E-state index < -0.39 is 47.8 Å². The van der Waals surface area contributed by atoms with Crippen LogP contribution in [-0.4, -0.2) is 97.2 Å². The van der Waals surface area contributed by atoms with Gasteiger partial charge in [0.25, 0.3) is 17.7 Å². The lowest BCUT2D eigenvalue weighted by Gasteiger charge is -2.37. The summed E-state index contributed by atoms with van der Waals surface area (Å²) in [6.45, 7) is 11.8. The van der Waals surface area contributed by atoms with Gasteiger partial charge in [0.1, 0.15) is 36.3 Å². The smallest absolute Gasteiger partial charge is 0.329 e. The highest BCUT2D eigenvalue weighted by Gasteiger charge is 2.46. The van der Waals surface area contributed by atoms with Gasteiger partial charge in [-0.2, -0.15) is 0 Å². The number of carbonyl (C=O) groups is 7. The van der Waals surface area contributed by atoms with Gasteiger partial charge in [0, 0.05) is 30.8 Å². The van der Waals surface area contributed by atoms with Crippen molar-refractivity contribution in [3.63, 3.8) is 0 Å². The number of imide groups is 1. The molecule has 3 aliphatic rings. The number of likely N-dealkylation sites (tertiary alicyclic amines) is 1. The SMILES string of the molecule is C=C1CCC(N2C(=O)c3cccc(OCC(=O)CCc4ccc(CNC(=O)COc5ccccc5[C@@H](CCc5ccc(C)c(C)c5)OC(=O)[C@@H]5CCCCN5C(=O)[C@@H](CC)c5cc(C)c(OC)c(OC)c5)cc4)c3C2=O)C(=O)N1. The molecule has 16 heteroatoms. The van der Waals surface area contributed by atoms with Crippen molar-refractivity contribution in [2.24, 2.45) is 0 Å². The van der Waals surface area contributed by atoms with E-state index in [0.717, 1.165) is 51.1 Å². The molecule has 8 rings (SSSR count). The molecule has 5 aromatic rings. The van der Waals surface area contributed by atoms with Crippen molar-refractivity contribution in [1.29, 1.82) is 0 Å². The zero-order valence-corrected chi connectivity index (χ0v) is 45.9. The Morgan fingerprint density at radius 2 is 1.48 bits per heavy atom. The van der Waals surface area contributed by atoms with Crippen molar-refractivity contribution in [1.82, 2.24) is 20.4 Å².